The van der Waals surface area contributed by atoms with E-state index in [1.54, 1.807) is 23.9 Å². The summed E-state index contributed by atoms with van der Waals surface area (Å²) in [6, 6.07) is 12.2. The van der Waals surface area contributed by atoms with E-state index in [0.29, 0.717) is 11.6 Å². The summed E-state index contributed by atoms with van der Waals surface area (Å²) in [5.41, 5.74) is 1.12. The van der Waals surface area contributed by atoms with Crippen LogP contribution in [0.3, 0.4) is 0 Å². The Bertz CT molecular complexity index is 617. The predicted molar refractivity (Wildman–Crippen MR) is 81.4 cm³/mol. The van der Waals surface area contributed by atoms with E-state index < -0.39 is 4.92 Å². The van der Waals surface area contributed by atoms with Crippen molar-refractivity contribution < 1.29 is 4.92 Å². The number of nitrogens with one attached hydrogen (secondary N) is 1. The molecule has 0 aromatic heterocycles. The fraction of sp³-hybridized carbons (Fsp3) is 0.143. The van der Waals surface area contributed by atoms with Crippen LogP contribution in [-0.2, 0) is 6.54 Å². The SMILES string of the molecule is CNCc1c(Cl)cccc1Sc1ccc([N+](=O)[O-])cc1. The van der Waals surface area contributed by atoms with Gasteiger partial charge in [0.2, 0.25) is 0 Å². The lowest BCUT2D eigenvalue weighted by Gasteiger charge is -2.10. The molecule has 0 fully saturated rings. The molecule has 2 aromatic rings. The highest BCUT2D eigenvalue weighted by Gasteiger charge is 2.09. The molecule has 6 heteroatoms. The summed E-state index contributed by atoms with van der Waals surface area (Å²) in [6.45, 7) is 0.676. The molecule has 0 aliphatic heterocycles. The number of rotatable bonds is 5. The number of benzene rings is 2. The fourth-order valence-corrected chi connectivity index (χ4v) is 3.02. The van der Waals surface area contributed by atoms with Crippen LogP contribution in [0.15, 0.2) is 52.3 Å². The van der Waals surface area contributed by atoms with Gasteiger partial charge in [0.05, 0.1) is 4.92 Å². The van der Waals surface area contributed by atoms with Crippen molar-refractivity contribution in [2.24, 2.45) is 0 Å². The van der Waals surface area contributed by atoms with E-state index in [-0.39, 0.29) is 5.69 Å². The van der Waals surface area contributed by atoms with Gasteiger partial charge in [-0.2, -0.15) is 0 Å². The van der Waals surface area contributed by atoms with Crippen LogP contribution in [0.25, 0.3) is 0 Å². The van der Waals surface area contributed by atoms with Crippen LogP contribution in [0.2, 0.25) is 5.02 Å². The Labute approximate surface area is 126 Å². The van der Waals surface area contributed by atoms with Crippen molar-refractivity contribution in [3.63, 3.8) is 0 Å². The topological polar surface area (TPSA) is 55.2 Å². The van der Waals surface area contributed by atoms with Crippen molar-refractivity contribution in [3.8, 4) is 0 Å². The molecule has 0 aliphatic carbocycles. The number of non-ortho nitro benzene ring substituents is 1. The first-order valence-electron chi connectivity index (χ1n) is 5.96. The van der Waals surface area contributed by atoms with E-state index in [1.165, 1.54) is 12.1 Å². The van der Waals surface area contributed by atoms with Gasteiger partial charge in [-0.05, 0) is 36.9 Å². The largest absolute Gasteiger partial charge is 0.316 e. The lowest BCUT2D eigenvalue weighted by molar-refractivity contribution is -0.384. The van der Waals surface area contributed by atoms with Gasteiger partial charge in [-0.15, -0.1) is 0 Å². The smallest absolute Gasteiger partial charge is 0.269 e. The second-order valence-electron chi connectivity index (χ2n) is 4.10. The number of nitro groups is 1. The van der Waals surface area contributed by atoms with Gasteiger partial charge in [-0.3, -0.25) is 10.1 Å². The molecule has 20 heavy (non-hydrogen) atoms. The van der Waals surface area contributed by atoms with Crippen LogP contribution in [0.1, 0.15) is 5.56 Å². The Morgan fingerprint density at radius 1 is 1.25 bits per heavy atom. The zero-order chi connectivity index (χ0) is 14.5. The van der Waals surface area contributed by atoms with Gasteiger partial charge in [0.25, 0.3) is 5.69 Å². The second-order valence-corrected chi connectivity index (χ2v) is 5.62. The average molecular weight is 309 g/mol. The molecule has 2 rings (SSSR count). The van der Waals surface area contributed by atoms with E-state index in [2.05, 4.69) is 5.32 Å². The van der Waals surface area contributed by atoms with Crippen LogP contribution in [0.4, 0.5) is 5.69 Å². The van der Waals surface area contributed by atoms with E-state index in [4.69, 9.17) is 11.6 Å². The Kier molecular flexibility index (Phi) is 5.00. The van der Waals surface area contributed by atoms with Crippen molar-refractivity contribution in [3.05, 3.63) is 63.2 Å². The van der Waals surface area contributed by atoms with Crippen molar-refractivity contribution in [2.45, 2.75) is 16.3 Å². The van der Waals surface area contributed by atoms with Crippen LogP contribution in [0.5, 0.6) is 0 Å². The van der Waals surface area contributed by atoms with Crippen LogP contribution in [-0.4, -0.2) is 12.0 Å². The van der Waals surface area contributed by atoms with Gasteiger partial charge in [-0.1, -0.05) is 29.4 Å². The highest BCUT2D eigenvalue weighted by Crippen LogP contribution is 2.34. The molecule has 0 amide bonds. The quantitative estimate of drug-likeness (QED) is 0.667. The molecule has 0 unspecified atom stereocenters. The molecule has 0 spiro atoms. The summed E-state index contributed by atoms with van der Waals surface area (Å²) in [5.74, 6) is 0. The first-order valence-corrected chi connectivity index (χ1v) is 7.15. The molecular formula is C14H13ClN2O2S. The third kappa shape index (κ3) is 3.50. The Balaban J connectivity index is 2.25. The number of nitro benzene ring substituents is 1. The van der Waals surface area contributed by atoms with Crippen molar-refractivity contribution in [1.29, 1.82) is 0 Å². The molecule has 0 heterocycles. The van der Waals surface area contributed by atoms with Crippen molar-refractivity contribution in [2.75, 3.05) is 7.05 Å². The Morgan fingerprint density at radius 2 is 1.95 bits per heavy atom. The summed E-state index contributed by atoms with van der Waals surface area (Å²) < 4.78 is 0. The maximum atomic E-state index is 10.6. The third-order valence-corrected chi connectivity index (χ3v) is 4.17. The molecule has 0 saturated carbocycles. The number of hydrogen-bond donors (Lipinski definition) is 1. The minimum Gasteiger partial charge on any atom is -0.316 e. The summed E-state index contributed by atoms with van der Waals surface area (Å²) >= 11 is 7.74. The van der Waals surface area contributed by atoms with E-state index in [9.17, 15) is 10.1 Å². The molecule has 2 aromatic carbocycles. The van der Waals surface area contributed by atoms with Gasteiger partial charge in [0, 0.05) is 33.5 Å². The molecular weight excluding hydrogens is 296 g/mol. The minimum atomic E-state index is -0.403. The van der Waals surface area contributed by atoms with E-state index >= 15 is 0 Å². The molecule has 0 radical (unpaired) electrons. The van der Waals surface area contributed by atoms with Gasteiger partial charge in [0.15, 0.2) is 0 Å². The third-order valence-electron chi connectivity index (χ3n) is 2.70. The highest BCUT2D eigenvalue weighted by molar-refractivity contribution is 7.99. The fourth-order valence-electron chi connectivity index (χ4n) is 1.75. The van der Waals surface area contributed by atoms with Crippen molar-refractivity contribution >= 4 is 29.1 Å². The first kappa shape index (κ1) is 14.8. The number of halogens is 1. The van der Waals surface area contributed by atoms with Crippen LogP contribution < -0.4 is 5.32 Å². The maximum Gasteiger partial charge on any atom is 0.269 e. The number of hydrogen-bond acceptors (Lipinski definition) is 4. The molecule has 4 nitrogen and oxygen atoms in total. The summed E-state index contributed by atoms with van der Waals surface area (Å²) in [5, 5.41) is 14.4. The Morgan fingerprint density at radius 3 is 2.55 bits per heavy atom. The van der Waals surface area contributed by atoms with Gasteiger partial charge in [0.1, 0.15) is 0 Å². The second kappa shape index (κ2) is 6.74. The van der Waals surface area contributed by atoms with Crippen LogP contribution in [0, 0.1) is 10.1 Å². The van der Waals surface area contributed by atoms with Crippen LogP contribution >= 0.6 is 23.4 Å². The molecule has 0 aliphatic rings. The maximum absolute atomic E-state index is 10.6. The lowest BCUT2D eigenvalue weighted by atomic mass is 10.2. The summed E-state index contributed by atoms with van der Waals surface area (Å²) in [7, 11) is 1.86. The molecule has 0 atom stereocenters. The summed E-state index contributed by atoms with van der Waals surface area (Å²) in [6.07, 6.45) is 0. The zero-order valence-corrected chi connectivity index (χ0v) is 12.4. The first-order chi connectivity index (χ1) is 9.61. The molecule has 0 saturated heterocycles. The summed E-state index contributed by atoms with van der Waals surface area (Å²) in [4.78, 5) is 12.2. The highest BCUT2D eigenvalue weighted by atomic mass is 35.5. The monoisotopic (exact) mass is 308 g/mol. The van der Waals surface area contributed by atoms with Crippen molar-refractivity contribution in [1.82, 2.24) is 5.32 Å². The van der Waals surface area contributed by atoms with E-state index in [1.807, 2.05) is 25.2 Å². The molecule has 104 valence electrons. The Hall–Kier alpha value is -1.56. The standard InChI is InChI=1S/C14H13ClN2O2S/c1-16-9-12-13(15)3-2-4-14(12)20-11-7-5-10(6-8-11)17(18)19/h2-8,16H,9H2,1H3. The van der Waals surface area contributed by atoms with Gasteiger partial charge >= 0.3 is 0 Å². The predicted octanol–water partition coefficient (Wildman–Crippen LogP) is 4.12. The number of nitrogens with zero attached hydrogens (tertiary/aromatic N) is 1. The van der Waals surface area contributed by atoms with Gasteiger partial charge in [-0.25, -0.2) is 0 Å². The molecule has 0 bridgehead atoms. The molecule has 1 N–H and O–H groups in total. The lowest BCUT2D eigenvalue weighted by Crippen LogP contribution is -2.06. The van der Waals surface area contributed by atoms with E-state index in [0.717, 1.165) is 15.4 Å². The normalized spacial score (nSPS) is 10.5. The average Bonchev–Trinajstić information content (AvgIpc) is 2.43. The van der Waals surface area contributed by atoms with Gasteiger partial charge < -0.3 is 5.32 Å². The zero-order valence-electron chi connectivity index (χ0n) is 10.8. The minimum absolute atomic E-state index is 0.0934.